The van der Waals surface area contributed by atoms with Gasteiger partial charge in [0.2, 0.25) is 0 Å². The van der Waals surface area contributed by atoms with E-state index >= 15 is 0 Å². The summed E-state index contributed by atoms with van der Waals surface area (Å²) >= 11 is 5.77. The van der Waals surface area contributed by atoms with E-state index < -0.39 is 0 Å². The Morgan fingerprint density at radius 1 is 1.29 bits per heavy atom. The van der Waals surface area contributed by atoms with Gasteiger partial charge in [0.05, 0.1) is 0 Å². The zero-order chi connectivity index (χ0) is 12.3. The van der Waals surface area contributed by atoms with E-state index in [0.29, 0.717) is 0 Å². The Hall–Kier alpha value is -0.620. The van der Waals surface area contributed by atoms with Crippen LogP contribution in [-0.2, 0) is 6.54 Å². The molecule has 2 aromatic rings. The largest absolute Gasteiger partial charge is 0.381 e. The van der Waals surface area contributed by atoms with Gasteiger partial charge < -0.3 is 5.32 Å². The zero-order valence-corrected chi connectivity index (χ0v) is 13.1. The number of hydrogen-bond donors (Lipinski definition) is 1. The summed E-state index contributed by atoms with van der Waals surface area (Å²) in [5.74, 6) is 0. The molecule has 0 saturated heterocycles. The first kappa shape index (κ1) is 12.8. The molecule has 0 amide bonds. The molecule has 1 aromatic carbocycles. The monoisotopic (exact) mass is 402 g/mol. The number of pyridine rings is 1. The fraction of sp³-hybridized carbons (Fsp3) is 0.154. The number of aryl methyl sites for hydroxylation is 1. The van der Waals surface area contributed by atoms with Crippen LogP contribution in [0.25, 0.3) is 0 Å². The lowest BCUT2D eigenvalue weighted by molar-refractivity contribution is 1.10. The van der Waals surface area contributed by atoms with Crippen LogP contribution in [0, 0.1) is 10.5 Å². The third-order valence-corrected chi connectivity index (χ3v) is 4.03. The first-order valence-electron chi connectivity index (χ1n) is 5.24. The highest BCUT2D eigenvalue weighted by Gasteiger charge is 1.98. The molecule has 0 atom stereocenters. The number of aromatic nitrogens is 1. The topological polar surface area (TPSA) is 24.9 Å². The van der Waals surface area contributed by atoms with Gasteiger partial charge in [-0.05, 0) is 74.8 Å². The summed E-state index contributed by atoms with van der Waals surface area (Å²) in [5.41, 5.74) is 3.61. The van der Waals surface area contributed by atoms with Crippen molar-refractivity contribution in [1.82, 2.24) is 4.98 Å². The third-order valence-electron chi connectivity index (χ3n) is 2.43. The highest BCUT2D eigenvalue weighted by Crippen LogP contribution is 2.18. The van der Waals surface area contributed by atoms with Crippen LogP contribution in [-0.4, -0.2) is 4.98 Å². The highest BCUT2D eigenvalue weighted by molar-refractivity contribution is 14.1. The maximum Gasteiger partial charge on any atom is 0.0416 e. The molecular formula is C13H12BrIN2. The molecule has 1 heterocycles. The number of rotatable bonds is 3. The molecule has 0 spiro atoms. The number of benzene rings is 1. The minimum Gasteiger partial charge on any atom is -0.381 e. The molecule has 17 heavy (non-hydrogen) atoms. The molecule has 0 aliphatic carbocycles. The van der Waals surface area contributed by atoms with E-state index in [2.05, 4.69) is 80.0 Å². The van der Waals surface area contributed by atoms with Crippen LogP contribution < -0.4 is 5.32 Å². The lowest BCUT2D eigenvalue weighted by Gasteiger charge is -2.08. The predicted molar refractivity (Wildman–Crippen MR) is 83.2 cm³/mol. The van der Waals surface area contributed by atoms with Crippen LogP contribution in [0.15, 0.2) is 41.1 Å². The lowest BCUT2D eigenvalue weighted by atomic mass is 10.2. The number of anilines is 1. The molecule has 0 bridgehead atoms. The second-order valence-corrected chi connectivity index (χ2v) is 5.91. The average molecular weight is 403 g/mol. The SMILES string of the molecule is Cc1ccc(NCc2cncc(Br)c2)cc1I. The Morgan fingerprint density at radius 3 is 2.82 bits per heavy atom. The van der Waals surface area contributed by atoms with Gasteiger partial charge in [-0.3, -0.25) is 4.98 Å². The molecule has 0 fully saturated rings. The van der Waals surface area contributed by atoms with E-state index in [4.69, 9.17) is 0 Å². The van der Waals surface area contributed by atoms with Crippen molar-refractivity contribution in [3.63, 3.8) is 0 Å². The van der Waals surface area contributed by atoms with Gasteiger partial charge in [0.1, 0.15) is 0 Å². The van der Waals surface area contributed by atoms with Gasteiger partial charge in [-0.25, -0.2) is 0 Å². The Labute approximate surface area is 123 Å². The van der Waals surface area contributed by atoms with Gasteiger partial charge in [0.15, 0.2) is 0 Å². The van der Waals surface area contributed by atoms with E-state index in [-0.39, 0.29) is 0 Å². The van der Waals surface area contributed by atoms with Crippen molar-refractivity contribution in [3.05, 3.63) is 55.8 Å². The molecular weight excluding hydrogens is 391 g/mol. The second-order valence-electron chi connectivity index (χ2n) is 3.83. The zero-order valence-electron chi connectivity index (χ0n) is 9.37. The summed E-state index contributed by atoms with van der Waals surface area (Å²) in [4.78, 5) is 4.14. The molecule has 0 saturated carbocycles. The Morgan fingerprint density at radius 2 is 2.12 bits per heavy atom. The van der Waals surface area contributed by atoms with Gasteiger partial charge in [-0.2, -0.15) is 0 Å². The normalized spacial score (nSPS) is 10.3. The maximum absolute atomic E-state index is 4.14. The molecule has 2 rings (SSSR count). The maximum atomic E-state index is 4.14. The summed E-state index contributed by atoms with van der Waals surface area (Å²) in [6.07, 6.45) is 3.66. The molecule has 0 aliphatic heterocycles. The Balaban J connectivity index is 2.05. The molecule has 0 aliphatic rings. The van der Waals surface area contributed by atoms with E-state index in [1.807, 2.05) is 6.20 Å². The highest BCUT2D eigenvalue weighted by atomic mass is 127. The molecule has 1 aromatic heterocycles. The Bertz CT molecular complexity index is 529. The van der Waals surface area contributed by atoms with Crippen LogP contribution >= 0.6 is 38.5 Å². The van der Waals surface area contributed by atoms with E-state index in [0.717, 1.165) is 22.3 Å². The second kappa shape index (κ2) is 5.82. The first-order chi connectivity index (χ1) is 8.15. The lowest BCUT2D eigenvalue weighted by Crippen LogP contribution is -2.00. The summed E-state index contributed by atoms with van der Waals surface area (Å²) in [6, 6.07) is 8.45. The fourth-order valence-corrected chi connectivity index (χ4v) is 2.39. The van der Waals surface area contributed by atoms with Crippen LogP contribution in [0.4, 0.5) is 5.69 Å². The number of nitrogens with one attached hydrogen (secondary N) is 1. The summed E-state index contributed by atoms with van der Waals surface area (Å²) in [7, 11) is 0. The minimum absolute atomic E-state index is 0.783. The van der Waals surface area contributed by atoms with Gasteiger partial charge >= 0.3 is 0 Å². The quantitative estimate of drug-likeness (QED) is 0.771. The van der Waals surface area contributed by atoms with Gasteiger partial charge in [0, 0.05) is 32.7 Å². The van der Waals surface area contributed by atoms with Crippen molar-refractivity contribution >= 4 is 44.2 Å². The molecule has 1 N–H and O–H groups in total. The Kier molecular flexibility index (Phi) is 4.39. The van der Waals surface area contributed by atoms with Gasteiger partial charge in [-0.1, -0.05) is 6.07 Å². The standard InChI is InChI=1S/C13H12BrIN2/c1-9-2-3-12(5-13(9)15)17-7-10-4-11(14)8-16-6-10/h2-6,8,17H,7H2,1H3. The predicted octanol–water partition coefficient (Wildman–Crippen LogP) is 4.37. The summed E-state index contributed by atoms with van der Waals surface area (Å²) in [6.45, 7) is 2.90. The van der Waals surface area contributed by atoms with Crippen LogP contribution in [0.2, 0.25) is 0 Å². The summed E-state index contributed by atoms with van der Waals surface area (Å²) < 4.78 is 2.29. The van der Waals surface area contributed by atoms with Crippen LogP contribution in [0.1, 0.15) is 11.1 Å². The number of halogens is 2. The first-order valence-corrected chi connectivity index (χ1v) is 7.12. The van der Waals surface area contributed by atoms with Crippen molar-refractivity contribution in [3.8, 4) is 0 Å². The van der Waals surface area contributed by atoms with Crippen LogP contribution in [0.3, 0.4) is 0 Å². The fourth-order valence-electron chi connectivity index (χ4n) is 1.46. The number of hydrogen-bond acceptors (Lipinski definition) is 2. The average Bonchev–Trinajstić information content (AvgIpc) is 2.31. The number of nitrogens with zero attached hydrogens (tertiary/aromatic N) is 1. The third kappa shape index (κ3) is 3.67. The van der Waals surface area contributed by atoms with Gasteiger partial charge in [-0.15, -0.1) is 0 Å². The molecule has 0 unspecified atom stereocenters. The van der Waals surface area contributed by atoms with Crippen molar-refractivity contribution in [2.75, 3.05) is 5.32 Å². The van der Waals surface area contributed by atoms with E-state index in [1.54, 1.807) is 6.20 Å². The van der Waals surface area contributed by atoms with Crippen LogP contribution in [0.5, 0.6) is 0 Å². The molecule has 2 nitrogen and oxygen atoms in total. The van der Waals surface area contributed by atoms with E-state index in [9.17, 15) is 0 Å². The molecule has 4 heteroatoms. The summed E-state index contributed by atoms with van der Waals surface area (Å²) in [5, 5.41) is 3.39. The van der Waals surface area contributed by atoms with E-state index in [1.165, 1.54) is 9.13 Å². The van der Waals surface area contributed by atoms with Crippen molar-refractivity contribution in [1.29, 1.82) is 0 Å². The van der Waals surface area contributed by atoms with Crippen molar-refractivity contribution < 1.29 is 0 Å². The minimum atomic E-state index is 0.783. The van der Waals surface area contributed by atoms with Crippen molar-refractivity contribution in [2.24, 2.45) is 0 Å². The molecule has 0 radical (unpaired) electrons. The molecule has 88 valence electrons. The smallest absolute Gasteiger partial charge is 0.0416 e. The van der Waals surface area contributed by atoms with Gasteiger partial charge in [0.25, 0.3) is 0 Å². The van der Waals surface area contributed by atoms with Crippen molar-refractivity contribution in [2.45, 2.75) is 13.5 Å².